The van der Waals surface area contributed by atoms with E-state index in [9.17, 15) is 13.6 Å². The minimum Gasteiger partial charge on any atom is -0.394 e. The van der Waals surface area contributed by atoms with E-state index < -0.39 is 17.0 Å². The quantitative estimate of drug-likeness (QED) is 0.874. The molecule has 1 saturated carbocycles. The van der Waals surface area contributed by atoms with Crippen molar-refractivity contribution in [2.45, 2.75) is 31.2 Å². The van der Waals surface area contributed by atoms with Crippen molar-refractivity contribution in [3.8, 4) is 0 Å². The molecule has 4 nitrogen and oxygen atoms in total. The van der Waals surface area contributed by atoms with Crippen molar-refractivity contribution < 1.29 is 18.7 Å². The first-order chi connectivity index (χ1) is 9.91. The minimum atomic E-state index is -0.644. The van der Waals surface area contributed by atoms with E-state index in [1.165, 1.54) is 23.1 Å². The van der Waals surface area contributed by atoms with Gasteiger partial charge in [0.2, 0.25) is 0 Å². The third-order valence-electron chi connectivity index (χ3n) is 4.17. The number of hydrogen-bond donors (Lipinski definition) is 2. The average molecular weight is 298 g/mol. The molecule has 0 radical (unpaired) electrons. The van der Waals surface area contributed by atoms with Gasteiger partial charge < -0.3 is 15.3 Å². The Labute approximate surface area is 122 Å². The summed E-state index contributed by atoms with van der Waals surface area (Å²) in [6.07, 6.45) is 1.29. The highest BCUT2D eigenvalue weighted by Gasteiger charge is 2.48. The predicted octanol–water partition coefficient (Wildman–Crippen LogP) is 2.02. The molecule has 116 valence electrons. The average Bonchev–Trinajstić information content (AvgIpc) is 3.23. The van der Waals surface area contributed by atoms with E-state index >= 15 is 0 Å². The first-order valence-corrected chi connectivity index (χ1v) is 6.97. The first kappa shape index (κ1) is 15.7. The first-order valence-electron chi connectivity index (χ1n) is 6.97. The Morgan fingerprint density at radius 3 is 2.48 bits per heavy atom. The van der Waals surface area contributed by atoms with Gasteiger partial charge in [-0.2, -0.15) is 0 Å². The van der Waals surface area contributed by atoms with Crippen LogP contribution in [0.15, 0.2) is 18.2 Å². The number of aliphatic hydroxyl groups excluding tert-OH is 1. The summed E-state index contributed by atoms with van der Waals surface area (Å²) in [5.74, 6) is -1.14. The Balaban J connectivity index is 2.05. The molecule has 1 aliphatic rings. The van der Waals surface area contributed by atoms with Crippen molar-refractivity contribution >= 4 is 6.03 Å². The minimum absolute atomic E-state index is 0.0585. The van der Waals surface area contributed by atoms with Crippen molar-refractivity contribution in [1.82, 2.24) is 10.2 Å². The van der Waals surface area contributed by atoms with Crippen molar-refractivity contribution in [2.24, 2.45) is 0 Å². The van der Waals surface area contributed by atoms with E-state index in [1.807, 2.05) is 0 Å². The fourth-order valence-corrected chi connectivity index (χ4v) is 2.36. The number of carbonyl (C=O) groups excluding carboxylic acids is 1. The maximum Gasteiger partial charge on any atom is 0.317 e. The number of likely N-dealkylation sites (N-methyl/N-ethyl adjacent to an activating group) is 1. The van der Waals surface area contributed by atoms with E-state index in [0.29, 0.717) is 12.8 Å². The number of benzene rings is 1. The number of nitrogens with zero attached hydrogens (tertiary/aromatic N) is 1. The molecule has 1 aliphatic carbocycles. The summed E-state index contributed by atoms with van der Waals surface area (Å²) in [6, 6.07) is 3.13. The van der Waals surface area contributed by atoms with Gasteiger partial charge in [0, 0.05) is 24.6 Å². The molecule has 0 aromatic heterocycles. The maximum atomic E-state index is 13.9. The smallest absolute Gasteiger partial charge is 0.317 e. The van der Waals surface area contributed by atoms with Crippen molar-refractivity contribution in [1.29, 1.82) is 0 Å². The van der Waals surface area contributed by atoms with E-state index in [-0.39, 0.29) is 30.8 Å². The standard InChI is InChI=1S/C15H20F2N2O2/c1-10(8-20)19(2)14(21)18-9-15(6-7-15)13-11(16)4-3-5-12(13)17/h3-5,10,20H,6-9H2,1-2H3,(H,18,21). The molecule has 1 atom stereocenters. The fraction of sp³-hybridized carbons (Fsp3) is 0.533. The van der Waals surface area contributed by atoms with Gasteiger partial charge in [-0.1, -0.05) is 6.07 Å². The number of halogens is 2. The normalized spacial score (nSPS) is 17.2. The molecule has 0 aliphatic heterocycles. The SMILES string of the molecule is CC(CO)N(C)C(=O)NCC1(c2c(F)cccc2F)CC1. The predicted molar refractivity (Wildman–Crippen MR) is 75.0 cm³/mol. The summed E-state index contributed by atoms with van der Waals surface area (Å²) in [4.78, 5) is 13.3. The number of amides is 2. The number of urea groups is 1. The second kappa shape index (κ2) is 5.97. The van der Waals surface area contributed by atoms with Gasteiger partial charge in [-0.15, -0.1) is 0 Å². The zero-order valence-electron chi connectivity index (χ0n) is 12.2. The van der Waals surface area contributed by atoms with E-state index in [4.69, 9.17) is 5.11 Å². The van der Waals surface area contributed by atoms with Crippen LogP contribution in [0.2, 0.25) is 0 Å². The van der Waals surface area contributed by atoms with Gasteiger partial charge in [-0.3, -0.25) is 0 Å². The Kier molecular flexibility index (Phi) is 4.46. The van der Waals surface area contributed by atoms with Gasteiger partial charge >= 0.3 is 6.03 Å². The van der Waals surface area contributed by atoms with Crippen LogP contribution in [-0.2, 0) is 5.41 Å². The van der Waals surface area contributed by atoms with Crippen LogP contribution in [0.4, 0.5) is 13.6 Å². The van der Waals surface area contributed by atoms with Gasteiger partial charge in [0.15, 0.2) is 0 Å². The van der Waals surface area contributed by atoms with Crippen LogP contribution in [0, 0.1) is 11.6 Å². The second-order valence-electron chi connectivity index (χ2n) is 5.68. The van der Waals surface area contributed by atoms with E-state index in [0.717, 1.165) is 0 Å². The molecular formula is C15H20F2N2O2. The number of nitrogens with one attached hydrogen (secondary N) is 1. The second-order valence-corrected chi connectivity index (χ2v) is 5.68. The summed E-state index contributed by atoms with van der Waals surface area (Å²) in [7, 11) is 1.57. The monoisotopic (exact) mass is 298 g/mol. The molecule has 0 heterocycles. The molecule has 2 rings (SSSR count). The Morgan fingerprint density at radius 1 is 1.43 bits per heavy atom. The highest BCUT2D eigenvalue weighted by molar-refractivity contribution is 5.74. The Bertz CT molecular complexity index is 512. The molecule has 1 fully saturated rings. The molecule has 2 N–H and O–H groups in total. The van der Waals surface area contributed by atoms with Crippen LogP contribution < -0.4 is 5.32 Å². The topological polar surface area (TPSA) is 52.6 Å². The maximum absolute atomic E-state index is 13.9. The van der Waals surface area contributed by atoms with Crippen LogP contribution in [0.3, 0.4) is 0 Å². The van der Waals surface area contributed by atoms with E-state index in [1.54, 1.807) is 14.0 Å². The zero-order valence-corrected chi connectivity index (χ0v) is 12.2. The molecular weight excluding hydrogens is 278 g/mol. The molecule has 1 aromatic carbocycles. The summed E-state index contributed by atoms with van der Waals surface area (Å²) in [5, 5.41) is 11.7. The molecule has 0 spiro atoms. The number of hydrogen-bond acceptors (Lipinski definition) is 2. The lowest BCUT2D eigenvalue weighted by Crippen LogP contribution is -2.46. The lowest BCUT2D eigenvalue weighted by molar-refractivity contribution is 0.156. The van der Waals surface area contributed by atoms with Gasteiger partial charge in [0.1, 0.15) is 11.6 Å². The fourth-order valence-electron chi connectivity index (χ4n) is 2.36. The lowest BCUT2D eigenvalue weighted by Gasteiger charge is -2.25. The number of aliphatic hydroxyl groups is 1. The summed E-state index contributed by atoms with van der Waals surface area (Å²) >= 11 is 0. The lowest BCUT2D eigenvalue weighted by atomic mass is 9.94. The van der Waals surface area contributed by atoms with Gasteiger partial charge in [-0.25, -0.2) is 13.6 Å². The summed E-state index contributed by atoms with van der Waals surface area (Å²) in [6.45, 7) is 1.76. The third kappa shape index (κ3) is 3.15. The number of carbonyl (C=O) groups is 1. The van der Waals surface area contributed by atoms with Crippen LogP contribution >= 0.6 is 0 Å². The molecule has 2 amide bonds. The largest absolute Gasteiger partial charge is 0.394 e. The number of rotatable bonds is 5. The van der Waals surface area contributed by atoms with Crippen LogP contribution in [0.1, 0.15) is 25.3 Å². The molecule has 1 unspecified atom stereocenters. The van der Waals surface area contributed by atoms with Crippen molar-refractivity contribution in [3.63, 3.8) is 0 Å². The van der Waals surface area contributed by atoms with Crippen LogP contribution in [-0.4, -0.2) is 42.3 Å². The molecule has 21 heavy (non-hydrogen) atoms. The van der Waals surface area contributed by atoms with Gasteiger partial charge in [-0.05, 0) is 31.9 Å². The molecule has 0 bridgehead atoms. The van der Waals surface area contributed by atoms with Crippen LogP contribution in [0.25, 0.3) is 0 Å². The summed E-state index contributed by atoms with van der Waals surface area (Å²) in [5.41, 5.74) is -0.586. The third-order valence-corrected chi connectivity index (χ3v) is 4.17. The Hall–Kier alpha value is -1.69. The van der Waals surface area contributed by atoms with Crippen molar-refractivity contribution in [3.05, 3.63) is 35.4 Å². The van der Waals surface area contributed by atoms with Gasteiger partial charge in [0.05, 0.1) is 12.6 Å². The molecule has 6 heteroatoms. The zero-order chi connectivity index (χ0) is 15.6. The highest BCUT2D eigenvalue weighted by atomic mass is 19.1. The Morgan fingerprint density at radius 2 is 2.00 bits per heavy atom. The van der Waals surface area contributed by atoms with E-state index in [2.05, 4.69) is 5.32 Å². The molecule has 0 saturated heterocycles. The molecule has 1 aromatic rings. The summed E-state index contributed by atoms with van der Waals surface area (Å²) < 4.78 is 27.7. The highest BCUT2D eigenvalue weighted by Crippen LogP contribution is 2.49. The van der Waals surface area contributed by atoms with Crippen LogP contribution in [0.5, 0.6) is 0 Å². The van der Waals surface area contributed by atoms with Crippen molar-refractivity contribution in [2.75, 3.05) is 20.2 Å². The van der Waals surface area contributed by atoms with Gasteiger partial charge in [0.25, 0.3) is 0 Å².